The molecule has 39 heavy (non-hydrogen) atoms. The molecule has 2 N–H and O–H groups in total. The van der Waals surface area contributed by atoms with Crippen LogP contribution in [0.3, 0.4) is 0 Å². The summed E-state index contributed by atoms with van der Waals surface area (Å²) in [7, 11) is 3.16. The van der Waals surface area contributed by atoms with E-state index < -0.39 is 0 Å². The van der Waals surface area contributed by atoms with Gasteiger partial charge < -0.3 is 29.6 Å². The Balaban J connectivity index is 1.60. The number of carbonyl (C=O) groups excluding carboxylic acids is 2. The monoisotopic (exact) mass is 537 g/mol. The van der Waals surface area contributed by atoms with E-state index in [2.05, 4.69) is 35.5 Å². The Morgan fingerprint density at radius 3 is 2.64 bits per heavy atom. The van der Waals surface area contributed by atoms with E-state index in [1.54, 1.807) is 20.3 Å². The summed E-state index contributed by atoms with van der Waals surface area (Å²) in [5.41, 5.74) is 3.03. The Hall–Kier alpha value is -3.72. The van der Waals surface area contributed by atoms with Crippen molar-refractivity contribution < 1.29 is 28.5 Å². The maximum absolute atomic E-state index is 13.1. The first-order valence-electron chi connectivity index (χ1n) is 13.4. The number of fused-ring (bicyclic) bond motifs is 9. The summed E-state index contributed by atoms with van der Waals surface area (Å²) >= 11 is 0. The molecule has 2 aromatic rings. The van der Waals surface area contributed by atoms with E-state index in [1.807, 2.05) is 30.3 Å². The molecule has 0 aliphatic carbocycles. The largest absolute Gasteiger partial charge is 0.496 e. The van der Waals surface area contributed by atoms with E-state index in [9.17, 15) is 9.59 Å². The molecule has 0 spiro atoms. The van der Waals surface area contributed by atoms with Crippen LogP contribution >= 0.6 is 0 Å². The van der Waals surface area contributed by atoms with Gasteiger partial charge in [-0.15, -0.1) is 0 Å². The molecule has 5 rings (SSSR count). The number of hydrogen-bond donors (Lipinski definition) is 2. The number of allylic oxidation sites excluding steroid dienone is 1. The molecule has 0 radical (unpaired) electrons. The molecule has 9 heteroatoms. The summed E-state index contributed by atoms with van der Waals surface area (Å²) in [6.07, 6.45) is 3.54. The van der Waals surface area contributed by atoms with Gasteiger partial charge in [0.2, 0.25) is 5.91 Å². The van der Waals surface area contributed by atoms with Gasteiger partial charge in [0.05, 0.1) is 20.3 Å². The van der Waals surface area contributed by atoms with Crippen molar-refractivity contribution in [3.63, 3.8) is 0 Å². The van der Waals surface area contributed by atoms with Gasteiger partial charge in [-0.05, 0) is 56.5 Å². The summed E-state index contributed by atoms with van der Waals surface area (Å²) in [5.74, 6) is 1.97. The predicted octanol–water partition coefficient (Wildman–Crippen LogP) is 3.25. The van der Waals surface area contributed by atoms with Gasteiger partial charge in [-0.1, -0.05) is 17.7 Å². The molecule has 2 atom stereocenters. The van der Waals surface area contributed by atoms with Gasteiger partial charge in [-0.25, -0.2) is 0 Å². The second-order valence-corrected chi connectivity index (χ2v) is 10.2. The molecule has 2 amide bonds. The van der Waals surface area contributed by atoms with Crippen LogP contribution in [0.1, 0.15) is 37.8 Å². The van der Waals surface area contributed by atoms with Crippen molar-refractivity contribution in [3.05, 3.63) is 59.2 Å². The Morgan fingerprint density at radius 1 is 1.05 bits per heavy atom. The van der Waals surface area contributed by atoms with Gasteiger partial charge in [0.25, 0.3) is 5.91 Å². The van der Waals surface area contributed by atoms with Crippen LogP contribution in [-0.2, 0) is 22.6 Å². The van der Waals surface area contributed by atoms with Gasteiger partial charge in [-0.3, -0.25) is 14.5 Å². The second kappa shape index (κ2) is 13.4. The molecule has 1 fully saturated rings. The predicted molar refractivity (Wildman–Crippen MR) is 148 cm³/mol. The summed E-state index contributed by atoms with van der Waals surface area (Å²) in [4.78, 5) is 27.9. The van der Waals surface area contributed by atoms with Crippen molar-refractivity contribution in [2.75, 3.05) is 40.5 Å². The lowest BCUT2D eigenvalue weighted by Gasteiger charge is -2.38. The van der Waals surface area contributed by atoms with E-state index >= 15 is 0 Å². The van der Waals surface area contributed by atoms with Crippen molar-refractivity contribution in [3.8, 4) is 23.0 Å². The smallest absolute Gasteiger partial charge is 0.258 e. The standard InChI is InChI=1S/C30H39N3O6/c1-20(2)11-13-33-14-12-25-24(18-33)32-30(35)19-38-28-15-21(5-9-26(28)36-3)6-10-29(34)31-17-22-7-8-23(39-25)16-27(22)37-4/h5,7-9,11,15-16,24-25H,6,10,12-14,17-19H2,1-4H3,(H,31,34)(H,32,35)/t24-,25+/m1/s1. The van der Waals surface area contributed by atoms with Gasteiger partial charge in [0.15, 0.2) is 18.1 Å². The summed E-state index contributed by atoms with van der Waals surface area (Å²) in [5, 5.41) is 6.12. The normalized spacial score (nSPS) is 20.5. The average Bonchev–Trinajstić information content (AvgIpc) is 2.93. The number of nitrogens with zero attached hydrogens (tertiary/aromatic N) is 1. The number of nitrogens with one attached hydrogen (secondary N) is 2. The minimum Gasteiger partial charge on any atom is -0.496 e. The molecular formula is C30H39N3O6. The molecule has 0 aromatic heterocycles. The van der Waals surface area contributed by atoms with Gasteiger partial charge in [0.1, 0.15) is 17.6 Å². The number of piperidine rings is 1. The van der Waals surface area contributed by atoms with Crippen LogP contribution in [-0.4, -0.2) is 69.3 Å². The number of likely N-dealkylation sites (tertiary alicyclic amines) is 1. The first kappa shape index (κ1) is 28.3. The minimum atomic E-state index is -0.240. The molecule has 3 heterocycles. The van der Waals surface area contributed by atoms with Gasteiger partial charge in [0, 0.05) is 44.2 Å². The third kappa shape index (κ3) is 7.89. The van der Waals surface area contributed by atoms with Gasteiger partial charge in [-0.2, -0.15) is 0 Å². The molecule has 1 saturated heterocycles. The number of carbonyl (C=O) groups is 2. The SMILES string of the molecule is COc1cc2ccc1CNC(=O)CCc1ccc(OC)c(c1)OCC(=O)N[C@@H]1CN(CC=C(C)C)CC[C@@H]1O2. The fourth-order valence-electron chi connectivity index (χ4n) is 4.80. The fraction of sp³-hybridized carbons (Fsp3) is 0.467. The zero-order valence-electron chi connectivity index (χ0n) is 23.2. The number of benzene rings is 2. The molecule has 0 saturated carbocycles. The summed E-state index contributed by atoms with van der Waals surface area (Å²) in [6.45, 7) is 6.66. The third-order valence-electron chi connectivity index (χ3n) is 6.99. The van der Waals surface area contributed by atoms with Crippen LogP contribution in [0.15, 0.2) is 48.0 Å². The van der Waals surface area contributed by atoms with Gasteiger partial charge >= 0.3 is 0 Å². The Bertz CT molecular complexity index is 1190. The molecule has 4 bridgehead atoms. The number of aryl methyl sites for hydroxylation is 1. The van der Waals surface area contributed by atoms with E-state index in [-0.39, 0.29) is 30.6 Å². The summed E-state index contributed by atoms with van der Waals surface area (Å²) in [6, 6.07) is 10.9. The topological polar surface area (TPSA) is 98.4 Å². The molecule has 9 nitrogen and oxygen atoms in total. The highest BCUT2D eigenvalue weighted by molar-refractivity contribution is 5.78. The zero-order chi connectivity index (χ0) is 27.8. The average molecular weight is 538 g/mol. The maximum atomic E-state index is 13.1. The highest BCUT2D eigenvalue weighted by Gasteiger charge is 2.32. The van der Waals surface area contributed by atoms with E-state index in [1.165, 1.54) is 5.57 Å². The lowest BCUT2D eigenvalue weighted by atomic mass is 10.0. The number of methoxy groups -OCH3 is 2. The van der Waals surface area contributed by atoms with Crippen LogP contribution in [0.5, 0.6) is 23.0 Å². The van der Waals surface area contributed by atoms with Crippen LogP contribution in [0.2, 0.25) is 0 Å². The molecule has 3 aliphatic heterocycles. The maximum Gasteiger partial charge on any atom is 0.258 e. The summed E-state index contributed by atoms with van der Waals surface area (Å²) < 4.78 is 23.3. The number of rotatable bonds is 4. The van der Waals surface area contributed by atoms with Crippen LogP contribution < -0.4 is 29.6 Å². The molecule has 3 aliphatic rings. The number of amides is 2. The number of ether oxygens (including phenoxy) is 4. The first-order valence-corrected chi connectivity index (χ1v) is 13.4. The van der Waals surface area contributed by atoms with Crippen LogP contribution in [0.4, 0.5) is 0 Å². The first-order chi connectivity index (χ1) is 18.8. The molecular weight excluding hydrogens is 498 g/mol. The molecule has 0 unspecified atom stereocenters. The highest BCUT2D eigenvalue weighted by atomic mass is 16.5. The molecule has 210 valence electrons. The van der Waals surface area contributed by atoms with Crippen molar-refractivity contribution in [1.82, 2.24) is 15.5 Å². The van der Waals surface area contributed by atoms with Crippen molar-refractivity contribution in [2.45, 2.75) is 51.8 Å². The lowest BCUT2D eigenvalue weighted by molar-refractivity contribution is -0.125. The highest BCUT2D eigenvalue weighted by Crippen LogP contribution is 2.30. The van der Waals surface area contributed by atoms with E-state index in [0.29, 0.717) is 48.9 Å². The third-order valence-corrected chi connectivity index (χ3v) is 6.99. The van der Waals surface area contributed by atoms with E-state index in [0.717, 1.165) is 30.6 Å². The van der Waals surface area contributed by atoms with E-state index in [4.69, 9.17) is 18.9 Å². The second-order valence-electron chi connectivity index (χ2n) is 10.2. The zero-order valence-corrected chi connectivity index (χ0v) is 23.2. The van der Waals surface area contributed by atoms with Crippen LogP contribution in [0, 0.1) is 0 Å². The lowest BCUT2D eigenvalue weighted by Crippen LogP contribution is -2.57. The fourth-order valence-corrected chi connectivity index (χ4v) is 4.80. The Kier molecular flexibility index (Phi) is 9.70. The number of hydrogen-bond acceptors (Lipinski definition) is 7. The van der Waals surface area contributed by atoms with Crippen molar-refractivity contribution in [1.29, 1.82) is 0 Å². The quantitative estimate of drug-likeness (QED) is 0.578. The Labute approximate surface area is 230 Å². The molecule has 2 aromatic carbocycles. The van der Waals surface area contributed by atoms with Crippen molar-refractivity contribution >= 4 is 11.8 Å². The minimum absolute atomic E-state index is 0.0735. The van der Waals surface area contributed by atoms with Crippen LogP contribution in [0.25, 0.3) is 0 Å². The van der Waals surface area contributed by atoms with Crippen molar-refractivity contribution in [2.24, 2.45) is 0 Å². The Morgan fingerprint density at radius 2 is 1.87 bits per heavy atom.